The van der Waals surface area contributed by atoms with E-state index < -0.39 is 0 Å². The zero-order valence-corrected chi connectivity index (χ0v) is 6.22. The van der Waals surface area contributed by atoms with E-state index in [1.807, 2.05) is 11.6 Å². The first-order valence-electron chi connectivity index (χ1n) is 2.87. The summed E-state index contributed by atoms with van der Waals surface area (Å²) in [5.74, 6) is 0.903. The van der Waals surface area contributed by atoms with Crippen molar-refractivity contribution >= 4 is 17.6 Å². The van der Waals surface area contributed by atoms with Crippen molar-refractivity contribution in [1.29, 1.82) is 0 Å². The average Bonchev–Trinajstić information content (AvgIpc) is 1.72. The van der Waals surface area contributed by atoms with Gasteiger partial charge in [0.2, 0.25) is 5.99 Å². The summed E-state index contributed by atoms with van der Waals surface area (Å²) >= 11 is 1.97. The summed E-state index contributed by atoms with van der Waals surface area (Å²) in [5, 5.41) is 0. The maximum atomic E-state index is 2.24. The minimum Gasteiger partial charge on any atom is -0.213 e. The molecule has 0 aliphatic rings. The van der Waals surface area contributed by atoms with Gasteiger partial charge in [-0.15, -0.1) is 0 Å². The fraction of sp³-hybridized carbons (Fsp3) is 1.00. The molecule has 0 amide bonds. The minimum atomic E-state index is 0.903. The predicted molar refractivity (Wildman–Crippen MR) is 40.2 cm³/mol. The van der Waals surface area contributed by atoms with Crippen molar-refractivity contribution in [2.75, 3.05) is 6.26 Å². The van der Waals surface area contributed by atoms with Crippen LogP contribution in [0.3, 0.4) is 0 Å². The van der Waals surface area contributed by atoms with Crippen LogP contribution in [-0.2, 0) is 0 Å². The molecule has 0 aromatic rings. The highest BCUT2D eigenvalue weighted by Crippen LogP contribution is 2.09. The highest BCUT2D eigenvalue weighted by Gasteiger charge is 2.02. The molecule has 7 heavy (non-hydrogen) atoms. The smallest absolute Gasteiger partial charge is 0.208 e. The third-order valence-electron chi connectivity index (χ3n) is 1.24. The molecule has 0 N–H and O–H groups in total. The second-order valence-corrected chi connectivity index (χ2v) is 2.81. The molecule has 0 fully saturated rings. The van der Waals surface area contributed by atoms with Crippen LogP contribution in [0.2, 0.25) is 12.6 Å². The second-order valence-electron chi connectivity index (χ2n) is 1.67. The molecular formula is C5H13BS. The number of hydrogen-bond acceptors (Lipinski definition) is 1. The molecule has 42 valence electrons. The van der Waals surface area contributed by atoms with Gasteiger partial charge in [-0.3, -0.25) is 0 Å². The molecule has 0 saturated carbocycles. The van der Waals surface area contributed by atoms with Crippen LogP contribution in [0.5, 0.6) is 0 Å². The van der Waals surface area contributed by atoms with Gasteiger partial charge in [0.25, 0.3) is 0 Å². The molecule has 0 nitrogen and oxygen atoms in total. The second kappa shape index (κ2) is 4.57. The first kappa shape index (κ1) is 7.41. The van der Waals surface area contributed by atoms with Gasteiger partial charge in [-0.1, -0.05) is 26.5 Å². The lowest BCUT2D eigenvalue weighted by Crippen LogP contribution is -2.00. The summed E-state index contributed by atoms with van der Waals surface area (Å²) in [6.07, 6.45) is 4.81. The predicted octanol–water partition coefficient (Wildman–Crippen LogP) is 2.38. The summed E-state index contributed by atoms with van der Waals surface area (Å²) in [6, 6.07) is 0. The topological polar surface area (TPSA) is 0 Å². The lowest BCUT2D eigenvalue weighted by Gasteiger charge is -1.99. The molecular weight excluding hydrogens is 103 g/mol. The third-order valence-corrected chi connectivity index (χ3v) is 2.58. The van der Waals surface area contributed by atoms with Crippen molar-refractivity contribution in [2.24, 2.45) is 0 Å². The van der Waals surface area contributed by atoms with Gasteiger partial charge in [0.1, 0.15) is 0 Å². The van der Waals surface area contributed by atoms with Crippen molar-refractivity contribution in [3.05, 3.63) is 0 Å². The Bertz CT molecular complexity index is 29.6. The fourth-order valence-electron chi connectivity index (χ4n) is 0.622. The van der Waals surface area contributed by atoms with E-state index in [0.29, 0.717) is 0 Å². The molecule has 0 aliphatic heterocycles. The first-order valence-corrected chi connectivity index (χ1v) is 4.16. The van der Waals surface area contributed by atoms with Crippen LogP contribution in [0.4, 0.5) is 0 Å². The largest absolute Gasteiger partial charge is 0.213 e. The quantitative estimate of drug-likeness (QED) is 0.510. The Balaban J connectivity index is 2.99. The van der Waals surface area contributed by atoms with Gasteiger partial charge in [0.05, 0.1) is 0 Å². The molecule has 0 aliphatic carbocycles. The molecule has 0 atom stereocenters. The van der Waals surface area contributed by atoms with Gasteiger partial charge in [-0.2, -0.15) is 0 Å². The fourth-order valence-corrected chi connectivity index (χ4v) is 1.29. The monoisotopic (exact) mass is 116 g/mol. The van der Waals surface area contributed by atoms with Gasteiger partial charge in [0, 0.05) is 0 Å². The molecule has 0 heterocycles. The van der Waals surface area contributed by atoms with Gasteiger partial charge in [-0.05, 0) is 6.26 Å². The molecule has 0 rings (SSSR count). The molecule has 0 aromatic carbocycles. The Morgan fingerprint density at radius 2 is 1.71 bits per heavy atom. The maximum absolute atomic E-state index is 2.24. The Kier molecular flexibility index (Phi) is 4.84. The van der Waals surface area contributed by atoms with Crippen LogP contribution in [0.15, 0.2) is 0 Å². The van der Waals surface area contributed by atoms with Gasteiger partial charge < -0.3 is 0 Å². The molecule has 0 unspecified atom stereocenters. The van der Waals surface area contributed by atoms with Crippen LogP contribution in [0.1, 0.15) is 13.8 Å². The number of rotatable bonds is 3. The molecule has 0 spiro atoms. The Hall–Kier alpha value is 0.415. The normalized spacial score (nSPS) is 9.00. The SMILES string of the molecule is CCB(CC)SC. The van der Waals surface area contributed by atoms with Crippen LogP contribution in [0.25, 0.3) is 0 Å². The van der Waals surface area contributed by atoms with Crippen LogP contribution < -0.4 is 0 Å². The lowest BCUT2D eigenvalue weighted by atomic mass is 9.70. The van der Waals surface area contributed by atoms with E-state index in [1.165, 1.54) is 12.6 Å². The highest BCUT2D eigenvalue weighted by molar-refractivity contribution is 8.25. The summed E-state index contributed by atoms with van der Waals surface area (Å²) in [7, 11) is 0. The highest BCUT2D eigenvalue weighted by atomic mass is 32.2. The van der Waals surface area contributed by atoms with E-state index in [2.05, 4.69) is 20.1 Å². The first-order chi connectivity index (χ1) is 3.35. The van der Waals surface area contributed by atoms with E-state index >= 15 is 0 Å². The summed E-state index contributed by atoms with van der Waals surface area (Å²) in [4.78, 5) is 0. The summed E-state index contributed by atoms with van der Waals surface area (Å²) in [6.45, 7) is 4.48. The van der Waals surface area contributed by atoms with E-state index in [-0.39, 0.29) is 0 Å². The lowest BCUT2D eigenvalue weighted by molar-refractivity contribution is 1.35. The third kappa shape index (κ3) is 3.04. The van der Waals surface area contributed by atoms with E-state index in [4.69, 9.17) is 0 Å². The van der Waals surface area contributed by atoms with Gasteiger partial charge >= 0.3 is 0 Å². The van der Waals surface area contributed by atoms with Crippen molar-refractivity contribution in [3.63, 3.8) is 0 Å². The van der Waals surface area contributed by atoms with Crippen molar-refractivity contribution in [1.82, 2.24) is 0 Å². The molecule has 0 saturated heterocycles. The Labute approximate surface area is 51.0 Å². The maximum Gasteiger partial charge on any atom is 0.208 e. The van der Waals surface area contributed by atoms with E-state index in [0.717, 1.165) is 5.99 Å². The van der Waals surface area contributed by atoms with E-state index in [1.54, 1.807) is 0 Å². The van der Waals surface area contributed by atoms with Crippen molar-refractivity contribution < 1.29 is 0 Å². The standard InChI is InChI=1S/C5H13BS/c1-4-6(5-2)7-3/h4-5H2,1-3H3. The van der Waals surface area contributed by atoms with Crippen LogP contribution in [-0.4, -0.2) is 12.2 Å². The summed E-state index contributed by atoms with van der Waals surface area (Å²) in [5.41, 5.74) is 0. The minimum absolute atomic E-state index is 0.903. The Morgan fingerprint density at radius 1 is 1.29 bits per heavy atom. The Morgan fingerprint density at radius 3 is 1.71 bits per heavy atom. The zero-order chi connectivity index (χ0) is 5.70. The van der Waals surface area contributed by atoms with Gasteiger partial charge in [0.15, 0.2) is 0 Å². The molecule has 0 bridgehead atoms. The van der Waals surface area contributed by atoms with Crippen molar-refractivity contribution in [3.8, 4) is 0 Å². The molecule has 0 aromatic heterocycles. The summed E-state index contributed by atoms with van der Waals surface area (Å²) < 4.78 is 0. The van der Waals surface area contributed by atoms with Crippen LogP contribution in [0, 0.1) is 0 Å². The molecule has 0 radical (unpaired) electrons. The molecule has 2 heteroatoms. The average molecular weight is 116 g/mol. The van der Waals surface area contributed by atoms with Crippen LogP contribution >= 0.6 is 11.6 Å². The van der Waals surface area contributed by atoms with Gasteiger partial charge in [-0.25, -0.2) is 11.6 Å². The van der Waals surface area contributed by atoms with E-state index in [9.17, 15) is 0 Å². The zero-order valence-electron chi connectivity index (χ0n) is 5.40. The van der Waals surface area contributed by atoms with Crippen molar-refractivity contribution in [2.45, 2.75) is 26.5 Å². The number of hydrogen-bond donors (Lipinski definition) is 0.